The molecule has 0 bridgehead atoms. The van der Waals surface area contributed by atoms with Gasteiger partial charge in [0.2, 0.25) is 5.91 Å². The van der Waals surface area contributed by atoms with Crippen LogP contribution in [-0.2, 0) is 4.79 Å². The molecule has 1 aliphatic heterocycles. The van der Waals surface area contributed by atoms with E-state index in [9.17, 15) is 9.59 Å². The second-order valence-electron chi connectivity index (χ2n) is 7.42. The number of rotatable bonds is 5. The van der Waals surface area contributed by atoms with Crippen LogP contribution in [0.15, 0.2) is 48.5 Å². The lowest BCUT2D eigenvalue weighted by molar-refractivity contribution is -0.133. The van der Waals surface area contributed by atoms with E-state index in [2.05, 4.69) is 6.92 Å². The maximum absolute atomic E-state index is 12.7. The van der Waals surface area contributed by atoms with Crippen LogP contribution in [0, 0.1) is 6.92 Å². The molecular formula is C23H28N2O3. The van der Waals surface area contributed by atoms with Crippen LogP contribution in [-0.4, -0.2) is 54.9 Å². The van der Waals surface area contributed by atoms with Crippen molar-refractivity contribution in [2.75, 3.05) is 33.3 Å². The van der Waals surface area contributed by atoms with Crippen LogP contribution in [0.3, 0.4) is 0 Å². The number of carbonyl (C=O) groups is 2. The van der Waals surface area contributed by atoms with E-state index in [1.807, 2.05) is 65.3 Å². The third-order valence-corrected chi connectivity index (χ3v) is 5.35. The van der Waals surface area contributed by atoms with Crippen molar-refractivity contribution in [3.63, 3.8) is 0 Å². The maximum Gasteiger partial charge on any atom is 0.253 e. The van der Waals surface area contributed by atoms with Crippen molar-refractivity contribution in [2.45, 2.75) is 26.2 Å². The van der Waals surface area contributed by atoms with Crippen LogP contribution in [0.1, 0.15) is 40.7 Å². The summed E-state index contributed by atoms with van der Waals surface area (Å²) >= 11 is 0. The van der Waals surface area contributed by atoms with Crippen molar-refractivity contribution in [1.29, 1.82) is 0 Å². The Kier molecular flexibility index (Phi) is 6.34. The molecule has 5 heteroatoms. The molecule has 1 fully saturated rings. The maximum atomic E-state index is 12.7. The van der Waals surface area contributed by atoms with Gasteiger partial charge in [0, 0.05) is 38.2 Å². The van der Waals surface area contributed by atoms with E-state index in [1.54, 1.807) is 7.11 Å². The van der Waals surface area contributed by atoms with E-state index in [4.69, 9.17) is 4.74 Å². The van der Waals surface area contributed by atoms with Gasteiger partial charge in [-0.1, -0.05) is 36.8 Å². The molecule has 0 spiro atoms. The highest BCUT2D eigenvalue weighted by atomic mass is 16.5. The zero-order valence-electron chi connectivity index (χ0n) is 16.9. The Morgan fingerprint density at radius 2 is 1.64 bits per heavy atom. The SMILES string of the molecule is COc1ccc(C(C)CC(=O)N2CCN(C(=O)c3cccc(C)c3)CC2)cc1. The number of benzene rings is 2. The lowest BCUT2D eigenvalue weighted by atomic mass is 9.97. The van der Waals surface area contributed by atoms with Crippen molar-refractivity contribution in [2.24, 2.45) is 0 Å². The molecule has 1 heterocycles. The van der Waals surface area contributed by atoms with Gasteiger partial charge < -0.3 is 14.5 Å². The van der Waals surface area contributed by atoms with Crippen molar-refractivity contribution >= 4 is 11.8 Å². The molecule has 3 rings (SSSR count). The number of methoxy groups -OCH3 is 1. The van der Waals surface area contributed by atoms with Gasteiger partial charge in [0.25, 0.3) is 5.91 Å². The molecule has 0 N–H and O–H groups in total. The molecule has 0 saturated carbocycles. The van der Waals surface area contributed by atoms with E-state index in [0.29, 0.717) is 38.2 Å². The number of piperazine rings is 1. The number of carbonyl (C=O) groups excluding carboxylic acids is 2. The van der Waals surface area contributed by atoms with Gasteiger partial charge in [0.05, 0.1) is 7.11 Å². The summed E-state index contributed by atoms with van der Waals surface area (Å²) in [5, 5.41) is 0. The minimum Gasteiger partial charge on any atom is -0.497 e. The second kappa shape index (κ2) is 8.91. The standard InChI is InChI=1S/C23H28N2O3/c1-17-5-4-6-20(15-17)23(27)25-13-11-24(12-14-25)22(26)16-18(2)19-7-9-21(28-3)10-8-19/h4-10,15,18H,11-14,16H2,1-3H3. The Morgan fingerprint density at radius 1 is 1.00 bits per heavy atom. The molecule has 148 valence electrons. The van der Waals surface area contributed by atoms with E-state index in [0.717, 1.165) is 16.9 Å². The topological polar surface area (TPSA) is 49.9 Å². The molecule has 1 saturated heterocycles. The summed E-state index contributed by atoms with van der Waals surface area (Å²) in [6, 6.07) is 15.5. The molecule has 28 heavy (non-hydrogen) atoms. The Morgan fingerprint density at radius 3 is 2.25 bits per heavy atom. The molecular weight excluding hydrogens is 352 g/mol. The first-order valence-corrected chi connectivity index (χ1v) is 9.75. The third kappa shape index (κ3) is 4.71. The van der Waals surface area contributed by atoms with E-state index in [1.165, 1.54) is 0 Å². The Hall–Kier alpha value is -2.82. The first-order chi connectivity index (χ1) is 13.5. The summed E-state index contributed by atoms with van der Waals surface area (Å²) < 4.78 is 5.19. The second-order valence-corrected chi connectivity index (χ2v) is 7.42. The fourth-order valence-electron chi connectivity index (χ4n) is 3.56. The fraction of sp³-hybridized carbons (Fsp3) is 0.391. The predicted molar refractivity (Wildman–Crippen MR) is 110 cm³/mol. The van der Waals surface area contributed by atoms with E-state index in [-0.39, 0.29) is 17.7 Å². The summed E-state index contributed by atoms with van der Waals surface area (Å²) in [5.74, 6) is 1.15. The van der Waals surface area contributed by atoms with Gasteiger partial charge >= 0.3 is 0 Å². The average Bonchev–Trinajstić information content (AvgIpc) is 2.73. The summed E-state index contributed by atoms with van der Waals surface area (Å²) in [6.07, 6.45) is 0.470. The smallest absolute Gasteiger partial charge is 0.253 e. The molecule has 2 aromatic carbocycles. The quantitative estimate of drug-likeness (QED) is 0.798. The van der Waals surface area contributed by atoms with Crippen LogP contribution in [0.2, 0.25) is 0 Å². The molecule has 0 aromatic heterocycles. The van der Waals surface area contributed by atoms with Crippen LogP contribution in [0.25, 0.3) is 0 Å². The summed E-state index contributed by atoms with van der Waals surface area (Å²) in [4.78, 5) is 29.1. The molecule has 1 aliphatic rings. The van der Waals surface area contributed by atoms with Gasteiger partial charge in [-0.3, -0.25) is 9.59 Å². The molecule has 2 aromatic rings. The number of ether oxygens (including phenoxy) is 1. The van der Waals surface area contributed by atoms with Gasteiger partial charge in [0.1, 0.15) is 5.75 Å². The summed E-state index contributed by atoms with van der Waals surface area (Å²) in [7, 11) is 1.64. The number of hydrogen-bond donors (Lipinski definition) is 0. The van der Waals surface area contributed by atoms with Crippen molar-refractivity contribution < 1.29 is 14.3 Å². The molecule has 0 aliphatic carbocycles. The van der Waals surface area contributed by atoms with Gasteiger partial charge in [0.15, 0.2) is 0 Å². The fourth-order valence-corrected chi connectivity index (χ4v) is 3.56. The highest BCUT2D eigenvalue weighted by molar-refractivity contribution is 5.94. The van der Waals surface area contributed by atoms with Gasteiger partial charge in [-0.2, -0.15) is 0 Å². The Balaban J connectivity index is 1.52. The van der Waals surface area contributed by atoms with Gasteiger partial charge in [-0.05, 0) is 42.7 Å². The zero-order chi connectivity index (χ0) is 20.1. The molecule has 2 amide bonds. The van der Waals surface area contributed by atoms with Crippen LogP contribution in [0.5, 0.6) is 5.75 Å². The Labute approximate surface area is 166 Å². The first kappa shape index (κ1) is 19.9. The van der Waals surface area contributed by atoms with E-state index >= 15 is 0 Å². The van der Waals surface area contributed by atoms with Crippen molar-refractivity contribution in [1.82, 2.24) is 9.80 Å². The Bertz CT molecular complexity index is 824. The molecule has 0 radical (unpaired) electrons. The highest BCUT2D eigenvalue weighted by Gasteiger charge is 2.25. The number of amides is 2. The minimum absolute atomic E-state index is 0.0439. The molecule has 1 atom stereocenters. The molecule has 5 nitrogen and oxygen atoms in total. The number of aryl methyl sites for hydroxylation is 1. The largest absolute Gasteiger partial charge is 0.497 e. The normalized spacial score (nSPS) is 15.2. The minimum atomic E-state index is 0.0439. The first-order valence-electron chi connectivity index (χ1n) is 9.75. The average molecular weight is 380 g/mol. The number of nitrogens with zero attached hydrogens (tertiary/aromatic N) is 2. The monoisotopic (exact) mass is 380 g/mol. The van der Waals surface area contributed by atoms with Crippen molar-refractivity contribution in [3.8, 4) is 5.75 Å². The van der Waals surface area contributed by atoms with Crippen LogP contribution >= 0.6 is 0 Å². The highest BCUT2D eigenvalue weighted by Crippen LogP contribution is 2.23. The predicted octanol–water partition coefficient (Wildman–Crippen LogP) is 3.48. The van der Waals surface area contributed by atoms with Gasteiger partial charge in [-0.15, -0.1) is 0 Å². The van der Waals surface area contributed by atoms with Crippen LogP contribution < -0.4 is 4.74 Å². The van der Waals surface area contributed by atoms with Crippen molar-refractivity contribution in [3.05, 3.63) is 65.2 Å². The molecule has 1 unspecified atom stereocenters. The van der Waals surface area contributed by atoms with Crippen LogP contribution in [0.4, 0.5) is 0 Å². The zero-order valence-corrected chi connectivity index (χ0v) is 16.9. The summed E-state index contributed by atoms with van der Waals surface area (Å²) in [6.45, 7) is 6.39. The van der Waals surface area contributed by atoms with Gasteiger partial charge in [-0.25, -0.2) is 0 Å². The number of hydrogen-bond acceptors (Lipinski definition) is 3. The third-order valence-electron chi connectivity index (χ3n) is 5.35. The summed E-state index contributed by atoms with van der Waals surface area (Å²) in [5.41, 5.74) is 2.92. The lowest BCUT2D eigenvalue weighted by Gasteiger charge is -2.35. The lowest BCUT2D eigenvalue weighted by Crippen LogP contribution is -2.50. The van der Waals surface area contributed by atoms with E-state index < -0.39 is 0 Å².